The first-order valence-corrected chi connectivity index (χ1v) is 9.42. The number of fused-ring (bicyclic) bond motifs is 1. The van der Waals surface area contributed by atoms with Crippen LogP contribution in [0.2, 0.25) is 0 Å². The molecule has 2 atom stereocenters. The Bertz CT molecular complexity index is 830. The summed E-state index contributed by atoms with van der Waals surface area (Å²) in [6.07, 6.45) is 0. The number of aryl methyl sites for hydroxylation is 3. The van der Waals surface area contributed by atoms with E-state index < -0.39 is 5.41 Å². The van der Waals surface area contributed by atoms with Crippen LogP contribution in [-0.2, 0) is 16.1 Å². The van der Waals surface area contributed by atoms with Crippen LogP contribution in [0.4, 0.5) is 0 Å². The molecular formula is C18H25N5O5. The summed E-state index contributed by atoms with van der Waals surface area (Å²) < 4.78 is 21.0. The molecule has 152 valence electrons. The van der Waals surface area contributed by atoms with E-state index in [0.29, 0.717) is 44.5 Å². The van der Waals surface area contributed by atoms with Crippen LogP contribution < -0.4 is 10.1 Å². The smallest absolute Gasteiger partial charge is 0.278 e. The van der Waals surface area contributed by atoms with Crippen LogP contribution in [0, 0.1) is 32.1 Å². The molecule has 4 heterocycles. The Morgan fingerprint density at radius 3 is 2.86 bits per heavy atom. The largest absolute Gasteiger partial charge is 0.472 e. The van der Waals surface area contributed by atoms with Crippen molar-refractivity contribution in [1.82, 2.24) is 25.7 Å². The van der Waals surface area contributed by atoms with Crippen molar-refractivity contribution in [3.8, 4) is 5.88 Å². The average molecular weight is 391 g/mol. The second kappa shape index (κ2) is 7.51. The van der Waals surface area contributed by atoms with Gasteiger partial charge in [-0.1, -0.05) is 10.3 Å². The van der Waals surface area contributed by atoms with Gasteiger partial charge in [0.25, 0.3) is 5.88 Å². The third-order valence-corrected chi connectivity index (χ3v) is 5.70. The minimum atomic E-state index is -0.523. The predicted octanol–water partition coefficient (Wildman–Crippen LogP) is 0.626. The number of rotatable bonds is 7. The molecule has 0 unspecified atom stereocenters. The molecule has 28 heavy (non-hydrogen) atoms. The molecule has 0 radical (unpaired) electrons. The van der Waals surface area contributed by atoms with Crippen molar-refractivity contribution in [2.24, 2.45) is 11.3 Å². The standard InChI is InChI=1S/C18H25N5O5/c1-11-15(13(3)27-20-11)7-23-6-14-8-25-10-18(14,9-23)17(24)19-4-5-26-16-12(2)21-28-22-16/h14H,4-10H2,1-3H3,(H,19,24)/t14-,18-/m1/s1. The fourth-order valence-corrected chi connectivity index (χ4v) is 4.08. The molecule has 0 bridgehead atoms. The normalized spacial score (nSPS) is 24.5. The summed E-state index contributed by atoms with van der Waals surface area (Å²) in [7, 11) is 0. The quantitative estimate of drug-likeness (QED) is 0.678. The van der Waals surface area contributed by atoms with Crippen LogP contribution in [0.3, 0.4) is 0 Å². The fourth-order valence-electron chi connectivity index (χ4n) is 4.08. The van der Waals surface area contributed by atoms with Crippen LogP contribution in [0.15, 0.2) is 9.15 Å². The summed E-state index contributed by atoms with van der Waals surface area (Å²) in [6.45, 7) is 9.53. The first-order valence-electron chi connectivity index (χ1n) is 9.42. The Hall–Kier alpha value is -2.46. The van der Waals surface area contributed by atoms with Gasteiger partial charge in [-0.05, 0) is 25.9 Å². The molecule has 0 aromatic carbocycles. The number of amides is 1. The van der Waals surface area contributed by atoms with Crippen molar-refractivity contribution in [1.29, 1.82) is 0 Å². The van der Waals surface area contributed by atoms with Gasteiger partial charge >= 0.3 is 0 Å². The molecule has 2 fully saturated rings. The van der Waals surface area contributed by atoms with Crippen molar-refractivity contribution in [3.05, 3.63) is 22.7 Å². The molecule has 0 aliphatic carbocycles. The van der Waals surface area contributed by atoms with Gasteiger partial charge in [-0.25, -0.2) is 4.63 Å². The van der Waals surface area contributed by atoms with E-state index in [-0.39, 0.29) is 11.8 Å². The highest BCUT2D eigenvalue weighted by Gasteiger charge is 2.55. The Kier molecular flexibility index (Phi) is 5.07. The summed E-state index contributed by atoms with van der Waals surface area (Å²) in [5.41, 5.74) is 2.06. The van der Waals surface area contributed by atoms with E-state index in [1.807, 2.05) is 13.8 Å². The predicted molar refractivity (Wildman–Crippen MR) is 95.5 cm³/mol. The van der Waals surface area contributed by atoms with Crippen molar-refractivity contribution in [2.45, 2.75) is 27.3 Å². The van der Waals surface area contributed by atoms with E-state index in [1.54, 1.807) is 6.92 Å². The van der Waals surface area contributed by atoms with Gasteiger partial charge in [0, 0.05) is 31.1 Å². The lowest BCUT2D eigenvalue weighted by Gasteiger charge is -2.26. The molecule has 2 aliphatic rings. The number of ether oxygens (including phenoxy) is 2. The summed E-state index contributed by atoms with van der Waals surface area (Å²) in [4.78, 5) is 15.3. The monoisotopic (exact) mass is 391 g/mol. The SMILES string of the molecule is Cc1nonc1OCCNC(=O)[C@]12COC[C@H]1CN(Cc1c(C)noc1C)C2. The number of hydrogen-bond acceptors (Lipinski definition) is 9. The molecule has 1 amide bonds. The lowest BCUT2D eigenvalue weighted by Crippen LogP contribution is -2.47. The maximum atomic E-state index is 13.0. The summed E-state index contributed by atoms with van der Waals surface area (Å²) >= 11 is 0. The van der Waals surface area contributed by atoms with Gasteiger partial charge in [0.2, 0.25) is 5.91 Å². The molecule has 0 spiro atoms. The van der Waals surface area contributed by atoms with Crippen LogP contribution in [0.5, 0.6) is 5.88 Å². The van der Waals surface area contributed by atoms with Gasteiger partial charge in [-0.2, -0.15) is 0 Å². The molecular weight excluding hydrogens is 366 g/mol. The van der Waals surface area contributed by atoms with Crippen molar-refractivity contribution >= 4 is 5.91 Å². The Labute approximate surface area is 162 Å². The number of hydrogen-bond donors (Lipinski definition) is 1. The molecule has 2 aliphatic heterocycles. The Morgan fingerprint density at radius 2 is 2.14 bits per heavy atom. The topological polar surface area (TPSA) is 116 Å². The Morgan fingerprint density at radius 1 is 1.29 bits per heavy atom. The van der Waals surface area contributed by atoms with Crippen LogP contribution in [0.1, 0.15) is 22.7 Å². The number of nitrogens with zero attached hydrogens (tertiary/aromatic N) is 4. The van der Waals surface area contributed by atoms with Gasteiger partial charge in [0.1, 0.15) is 18.1 Å². The van der Waals surface area contributed by atoms with E-state index in [0.717, 1.165) is 30.1 Å². The van der Waals surface area contributed by atoms with Crippen LogP contribution in [0.25, 0.3) is 0 Å². The molecule has 2 saturated heterocycles. The third-order valence-electron chi connectivity index (χ3n) is 5.70. The van der Waals surface area contributed by atoms with Gasteiger partial charge in [-0.15, -0.1) is 0 Å². The summed E-state index contributed by atoms with van der Waals surface area (Å²) in [5, 5.41) is 14.3. The van der Waals surface area contributed by atoms with Gasteiger partial charge in [0.05, 0.1) is 30.9 Å². The number of carbonyl (C=O) groups excluding carboxylic acids is 1. The lowest BCUT2D eigenvalue weighted by molar-refractivity contribution is -0.131. The van der Waals surface area contributed by atoms with E-state index in [4.69, 9.17) is 14.0 Å². The highest BCUT2D eigenvalue weighted by Crippen LogP contribution is 2.42. The van der Waals surface area contributed by atoms with Crippen LogP contribution in [-0.4, -0.2) is 65.7 Å². The summed E-state index contributed by atoms with van der Waals surface area (Å²) in [5.74, 6) is 1.37. The second-order valence-corrected chi connectivity index (χ2v) is 7.60. The van der Waals surface area contributed by atoms with Crippen molar-refractivity contribution in [2.75, 3.05) is 39.5 Å². The third kappa shape index (κ3) is 3.37. The Balaban J connectivity index is 1.34. The van der Waals surface area contributed by atoms with E-state index >= 15 is 0 Å². The number of nitrogens with one attached hydrogen (secondary N) is 1. The highest BCUT2D eigenvalue weighted by atomic mass is 16.6. The minimum absolute atomic E-state index is 0.00913. The molecule has 4 rings (SSSR count). The molecule has 2 aromatic heterocycles. The average Bonchev–Trinajstić information content (AvgIpc) is 3.40. The molecule has 0 saturated carbocycles. The van der Waals surface area contributed by atoms with E-state index in [1.165, 1.54) is 0 Å². The van der Waals surface area contributed by atoms with Gasteiger partial charge in [-0.3, -0.25) is 9.69 Å². The molecule has 10 heteroatoms. The first-order chi connectivity index (χ1) is 13.5. The van der Waals surface area contributed by atoms with E-state index in [9.17, 15) is 4.79 Å². The molecule has 2 aromatic rings. The highest BCUT2D eigenvalue weighted by molar-refractivity contribution is 5.84. The minimum Gasteiger partial charge on any atom is -0.472 e. The van der Waals surface area contributed by atoms with Gasteiger partial charge in [0.15, 0.2) is 0 Å². The maximum absolute atomic E-state index is 13.0. The maximum Gasteiger partial charge on any atom is 0.278 e. The number of aromatic nitrogens is 3. The molecule has 10 nitrogen and oxygen atoms in total. The zero-order valence-corrected chi connectivity index (χ0v) is 16.4. The number of carbonyl (C=O) groups is 1. The summed E-state index contributed by atoms with van der Waals surface area (Å²) in [6, 6.07) is 0. The zero-order chi connectivity index (χ0) is 19.7. The molecule has 1 N–H and O–H groups in total. The van der Waals surface area contributed by atoms with Gasteiger partial charge < -0.3 is 19.3 Å². The van der Waals surface area contributed by atoms with E-state index in [2.05, 4.69) is 30.3 Å². The zero-order valence-electron chi connectivity index (χ0n) is 16.4. The van der Waals surface area contributed by atoms with Crippen molar-refractivity contribution in [3.63, 3.8) is 0 Å². The first kappa shape index (κ1) is 18.9. The van der Waals surface area contributed by atoms with Crippen LogP contribution >= 0.6 is 0 Å². The fraction of sp³-hybridized carbons (Fsp3) is 0.667. The second-order valence-electron chi connectivity index (χ2n) is 7.60. The lowest BCUT2D eigenvalue weighted by atomic mass is 9.80. The number of likely N-dealkylation sites (tertiary alicyclic amines) is 1. The van der Waals surface area contributed by atoms with Crippen molar-refractivity contribution < 1.29 is 23.4 Å².